The normalized spacial score (nSPS) is 21.9. The van der Waals surface area contributed by atoms with E-state index in [1.54, 1.807) is 34.9 Å². The van der Waals surface area contributed by atoms with E-state index in [4.69, 9.17) is 27.9 Å². The van der Waals surface area contributed by atoms with Crippen molar-refractivity contribution in [1.29, 1.82) is 0 Å². The second-order valence-electron chi connectivity index (χ2n) is 10.5. The molecule has 9 nitrogen and oxygen atoms in total. The Bertz CT molecular complexity index is 1480. The third kappa shape index (κ3) is 6.58. The monoisotopic (exact) mass is 650 g/mol. The van der Waals surface area contributed by atoms with Crippen LogP contribution < -0.4 is 4.74 Å². The van der Waals surface area contributed by atoms with Crippen LogP contribution in [0.25, 0.3) is 0 Å². The number of methoxy groups -OCH3 is 1. The molecule has 2 saturated heterocycles. The van der Waals surface area contributed by atoms with E-state index in [-0.39, 0.29) is 49.3 Å². The molecule has 0 saturated carbocycles. The molecule has 0 aliphatic carbocycles. The average Bonchev–Trinajstić information content (AvgIpc) is 3.37. The third-order valence-electron chi connectivity index (χ3n) is 7.76. The summed E-state index contributed by atoms with van der Waals surface area (Å²) in [6.45, 7) is 2.53. The highest BCUT2D eigenvalue weighted by atomic mass is 35.5. The number of carbonyl (C=O) groups excluding carboxylic acids is 2. The van der Waals surface area contributed by atoms with E-state index in [1.165, 1.54) is 22.3 Å². The van der Waals surface area contributed by atoms with E-state index in [2.05, 4.69) is 0 Å². The van der Waals surface area contributed by atoms with Crippen molar-refractivity contribution in [1.82, 2.24) is 19.0 Å². The first kappa shape index (κ1) is 32.2. The minimum atomic E-state index is -4.74. The molecule has 0 bridgehead atoms. The Labute approximate surface area is 252 Å². The molecular formula is C27H31Cl2F3N4O5S. The lowest BCUT2D eigenvalue weighted by Crippen LogP contribution is -2.57. The predicted molar refractivity (Wildman–Crippen MR) is 153 cm³/mol. The van der Waals surface area contributed by atoms with Crippen molar-refractivity contribution in [2.45, 2.75) is 31.1 Å². The first-order valence-electron chi connectivity index (χ1n) is 13.0. The van der Waals surface area contributed by atoms with Gasteiger partial charge in [0.1, 0.15) is 5.75 Å². The number of carbonyl (C=O) groups is 2. The van der Waals surface area contributed by atoms with Crippen molar-refractivity contribution in [3.8, 4) is 5.75 Å². The molecular weight excluding hydrogens is 620 g/mol. The summed E-state index contributed by atoms with van der Waals surface area (Å²) >= 11 is 12.4. The zero-order valence-corrected chi connectivity index (χ0v) is 25.7. The summed E-state index contributed by atoms with van der Waals surface area (Å²) < 4.78 is 71.3. The maximum Gasteiger partial charge on any atom is 0.419 e. The van der Waals surface area contributed by atoms with Crippen molar-refractivity contribution < 1.29 is 35.9 Å². The summed E-state index contributed by atoms with van der Waals surface area (Å²) in [6, 6.07) is 6.74. The molecule has 0 N–H and O–H groups in total. The van der Waals surface area contributed by atoms with Crippen LogP contribution in [0.5, 0.6) is 5.75 Å². The number of hydrogen-bond acceptors (Lipinski definition) is 5. The van der Waals surface area contributed by atoms with Crippen LogP contribution in [0.1, 0.15) is 34.3 Å². The second-order valence-corrected chi connectivity index (χ2v) is 13.3. The quantitative estimate of drug-likeness (QED) is 0.470. The molecule has 2 aliphatic heterocycles. The highest BCUT2D eigenvalue weighted by molar-refractivity contribution is 7.88. The standard InChI is InChI=1S/C27H31Cl2F3N4O5S/c1-16-13-34(9-10-36(16)42(4,39)40)26(38)35-14-19(17-5-7-21(28)22(29)12-17)23(15-35)33(2)25(37)18-6-8-24(41-3)20(11-18)27(30,31)32/h5-8,11-12,16,19,23H,9-10,13-15H2,1-4H3/t16-,19-,23+/m0/s1. The molecule has 2 aromatic rings. The van der Waals surface area contributed by atoms with E-state index in [0.717, 1.165) is 25.5 Å². The number of ether oxygens (including phenoxy) is 1. The summed E-state index contributed by atoms with van der Waals surface area (Å²) in [7, 11) is -0.833. The number of halogens is 5. The van der Waals surface area contributed by atoms with Gasteiger partial charge in [0.25, 0.3) is 5.91 Å². The number of alkyl halides is 3. The van der Waals surface area contributed by atoms with Crippen LogP contribution in [0, 0.1) is 0 Å². The fourth-order valence-corrected chi connectivity index (χ4v) is 7.07. The van der Waals surface area contributed by atoms with Gasteiger partial charge in [0.05, 0.1) is 35.0 Å². The smallest absolute Gasteiger partial charge is 0.419 e. The molecule has 4 rings (SSSR count). The number of sulfonamides is 1. The zero-order valence-electron chi connectivity index (χ0n) is 23.4. The van der Waals surface area contributed by atoms with Crippen molar-refractivity contribution in [2.75, 3.05) is 53.1 Å². The lowest BCUT2D eigenvalue weighted by Gasteiger charge is -2.39. The second kappa shape index (κ2) is 12.1. The van der Waals surface area contributed by atoms with Gasteiger partial charge in [-0.1, -0.05) is 29.3 Å². The summed E-state index contributed by atoms with van der Waals surface area (Å²) in [5, 5.41) is 0.602. The maximum absolute atomic E-state index is 13.7. The Kier molecular flexibility index (Phi) is 9.27. The van der Waals surface area contributed by atoms with Gasteiger partial charge in [-0.15, -0.1) is 0 Å². The van der Waals surface area contributed by atoms with Crippen LogP contribution >= 0.6 is 23.2 Å². The number of nitrogens with zero attached hydrogens (tertiary/aromatic N) is 4. The molecule has 0 aromatic heterocycles. The first-order valence-corrected chi connectivity index (χ1v) is 15.6. The summed E-state index contributed by atoms with van der Waals surface area (Å²) in [6.07, 6.45) is -3.61. The number of benzene rings is 2. The lowest BCUT2D eigenvalue weighted by atomic mass is 9.93. The molecule has 2 aromatic carbocycles. The summed E-state index contributed by atoms with van der Waals surface area (Å²) in [5.74, 6) is -1.51. The number of likely N-dealkylation sites (tertiary alicyclic amines) is 1. The fraction of sp³-hybridized carbons (Fsp3) is 0.481. The fourth-order valence-electron chi connectivity index (χ4n) is 5.63. The Hall–Kier alpha value is -2.74. The van der Waals surface area contributed by atoms with E-state index in [1.807, 2.05) is 0 Å². The van der Waals surface area contributed by atoms with Crippen LogP contribution in [-0.4, -0.2) is 105 Å². The van der Waals surface area contributed by atoms with Gasteiger partial charge in [-0.2, -0.15) is 17.5 Å². The van der Waals surface area contributed by atoms with E-state index in [9.17, 15) is 31.2 Å². The Morgan fingerprint density at radius 3 is 2.26 bits per heavy atom. The number of amides is 3. The van der Waals surface area contributed by atoms with Gasteiger partial charge >= 0.3 is 12.2 Å². The first-order chi connectivity index (χ1) is 19.5. The molecule has 0 spiro atoms. The van der Waals surface area contributed by atoms with Gasteiger partial charge in [-0.25, -0.2) is 13.2 Å². The molecule has 230 valence electrons. The molecule has 3 amide bonds. The van der Waals surface area contributed by atoms with Gasteiger partial charge in [-0.3, -0.25) is 4.79 Å². The highest BCUT2D eigenvalue weighted by Crippen LogP contribution is 2.38. The topological polar surface area (TPSA) is 90.5 Å². The Morgan fingerprint density at radius 1 is 1.00 bits per heavy atom. The van der Waals surface area contributed by atoms with Crippen LogP contribution in [-0.2, 0) is 16.2 Å². The molecule has 2 aliphatic rings. The van der Waals surface area contributed by atoms with Gasteiger partial charge < -0.3 is 19.4 Å². The van der Waals surface area contributed by atoms with E-state index >= 15 is 0 Å². The number of urea groups is 1. The van der Waals surface area contributed by atoms with Gasteiger partial charge in [0, 0.05) is 57.3 Å². The minimum Gasteiger partial charge on any atom is -0.496 e. The van der Waals surface area contributed by atoms with Gasteiger partial charge in [0.2, 0.25) is 10.0 Å². The largest absolute Gasteiger partial charge is 0.496 e. The van der Waals surface area contributed by atoms with Crippen molar-refractivity contribution in [3.63, 3.8) is 0 Å². The number of hydrogen-bond donors (Lipinski definition) is 0. The number of likely N-dealkylation sites (N-methyl/N-ethyl adjacent to an activating group) is 1. The molecule has 2 heterocycles. The number of piperazine rings is 1. The molecule has 42 heavy (non-hydrogen) atoms. The predicted octanol–water partition coefficient (Wildman–Crippen LogP) is 4.65. The number of rotatable bonds is 5. The van der Waals surface area contributed by atoms with Crippen molar-refractivity contribution in [2.24, 2.45) is 0 Å². The molecule has 3 atom stereocenters. The highest BCUT2D eigenvalue weighted by Gasteiger charge is 2.43. The summed E-state index contributed by atoms with van der Waals surface area (Å²) in [4.78, 5) is 31.7. The third-order valence-corrected chi connectivity index (χ3v) is 9.90. The van der Waals surface area contributed by atoms with E-state index in [0.29, 0.717) is 10.6 Å². The Morgan fingerprint density at radius 2 is 1.69 bits per heavy atom. The van der Waals surface area contributed by atoms with Crippen LogP contribution in [0.3, 0.4) is 0 Å². The summed E-state index contributed by atoms with van der Waals surface area (Å²) in [5.41, 5.74) is -0.560. The maximum atomic E-state index is 13.7. The molecule has 0 unspecified atom stereocenters. The molecule has 0 radical (unpaired) electrons. The van der Waals surface area contributed by atoms with Crippen LogP contribution in [0.15, 0.2) is 36.4 Å². The van der Waals surface area contributed by atoms with E-state index < -0.39 is 51.4 Å². The molecule has 15 heteroatoms. The zero-order chi connectivity index (χ0) is 31.1. The minimum absolute atomic E-state index is 0.0922. The average molecular weight is 652 g/mol. The Balaban J connectivity index is 1.63. The SMILES string of the molecule is COc1ccc(C(=O)N(C)[C@@H]2CN(C(=O)N3CCN(S(C)(=O)=O)[C@@H](C)C3)C[C@H]2c2ccc(Cl)c(Cl)c2)cc1C(F)(F)F. The van der Waals surface area contributed by atoms with Crippen LogP contribution in [0.4, 0.5) is 18.0 Å². The van der Waals surface area contributed by atoms with Crippen molar-refractivity contribution in [3.05, 3.63) is 63.1 Å². The molecule has 2 fully saturated rings. The van der Waals surface area contributed by atoms with Gasteiger partial charge in [-0.05, 0) is 42.8 Å². The van der Waals surface area contributed by atoms with Gasteiger partial charge in [0.15, 0.2) is 0 Å². The lowest BCUT2D eigenvalue weighted by molar-refractivity contribution is -0.138. The van der Waals surface area contributed by atoms with Crippen LogP contribution in [0.2, 0.25) is 10.0 Å². The van der Waals surface area contributed by atoms with Crippen molar-refractivity contribution >= 4 is 45.2 Å².